The average molecular weight is 316 g/mol. The van der Waals surface area contributed by atoms with Crippen LogP contribution in [0.1, 0.15) is 24.8 Å². The summed E-state index contributed by atoms with van der Waals surface area (Å²) in [5.41, 5.74) is 1.05. The third-order valence-corrected chi connectivity index (χ3v) is 4.70. The lowest BCUT2D eigenvalue weighted by Gasteiger charge is -2.21. The highest BCUT2D eigenvalue weighted by molar-refractivity contribution is 5.89. The summed E-state index contributed by atoms with van der Waals surface area (Å²) in [7, 11) is 3.49. The minimum absolute atomic E-state index is 0.0685. The fourth-order valence-corrected chi connectivity index (χ4v) is 3.13. The zero-order chi connectivity index (χ0) is 16.4. The first kappa shape index (κ1) is 15.8. The van der Waals surface area contributed by atoms with Gasteiger partial charge in [-0.2, -0.15) is 0 Å². The predicted molar refractivity (Wildman–Crippen MR) is 86.9 cm³/mol. The summed E-state index contributed by atoms with van der Waals surface area (Å²) in [5.74, 6) is 1.47. The average Bonchev–Trinajstić information content (AvgIpc) is 3.30. The number of ether oxygens (including phenoxy) is 1. The molecule has 1 heterocycles. The van der Waals surface area contributed by atoms with E-state index in [9.17, 15) is 9.59 Å². The zero-order valence-electron chi connectivity index (χ0n) is 13.8. The van der Waals surface area contributed by atoms with Crippen molar-refractivity contribution in [1.29, 1.82) is 0 Å². The van der Waals surface area contributed by atoms with Gasteiger partial charge in [-0.1, -0.05) is 12.1 Å². The Morgan fingerprint density at radius 2 is 2.00 bits per heavy atom. The van der Waals surface area contributed by atoms with Crippen molar-refractivity contribution in [2.45, 2.75) is 25.8 Å². The predicted octanol–water partition coefficient (Wildman–Crippen LogP) is 1.91. The quantitative estimate of drug-likeness (QED) is 0.805. The number of likely N-dealkylation sites (tertiary alicyclic amines) is 1. The third kappa shape index (κ3) is 3.84. The first-order valence-corrected chi connectivity index (χ1v) is 8.22. The second-order valence-electron chi connectivity index (χ2n) is 6.69. The van der Waals surface area contributed by atoms with E-state index in [0.29, 0.717) is 25.4 Å². The van der Waals surface area contributed by atoms with Crippen LogP contribution in [0.5, 0.6) is 5.75 Å². The lowest BCUT2D eigenvalue weighted by Crippen LogP contribution is -2.35. The van der Waals surface area contributed by atoms with E-state index in [1.165, 1.54) is 12.8 Å². The van der Waals surface area contributed by atoms with E-state index in [1.54, 1.807) is 12.0 Å². The van der Waals surface area contributed by atoms with Crippen LogP contribution in [0.4, 0.5) is 0 Å². The third-order valence-electron chi connectivity index (χ3n) is 4.70. The molecule has 0 N–H and O–H groups in total. The molecule has 2 amide bonds. The molecule has 0 bridgehead atoms. The van der Waals surface area contributed by atoms with E-state index >= 15 is 0 Å². The van der Waals surface area contributed by atoms with Crippen LogP contribution in [-0.4, -0.2) is 48.9 Å². The van der Waals surface area contributed by atoms with E-state index in [-0.39, 0.29) is 17.7 Å². The van der Waals surface area contributed by atoms with Crippen LogP contribution in [-0.2, 0) is 16.1 Å². The Bertz CT molecular complexity index is 580. The minimum Gasteiger partial charge on any atom is -0.497 e. The number of carbonyl (C=O) groups excluding carboxylic acids is 2. The number of amides is 2. The van der Waals surface area contributed by atoms with Crippen LogP contribution in [0.15, 0.2) is 24.3 Å². The summed E-state index contributed by atoms with van der Waals surface area (Å²) in [5, 5.41) is 0. The Kier molecular flexibility index (Phi) is 4.55. The van der Waals surface area contributed by atoms with Crippen LogP contribution in [0.25, 0.3) is 0 Å². The van der Waals surface area contributed by atoms with Gasteiger partial charge in [-0.3, -0.25) is 9.59 Å². The number of carbonyl (C=O) groups is 2. The molecule has 1 saturated carbocycles. The molecule has 1 aromatic carbocycles. The molecular weight excluding hydrogens is 292 g/mol. The second-order valence-corrected chi connectivity index (χ2v) is 6.69. The molecule has 0 spiro atoms. The van der Waals surface area contributed by atoms with Crippen molar-refractivity contribution < 1.29 is 14.3 Å². The summed E-state index contributed by atoms with van der Waals surface area (Å²) < 4.78 is 5.14. The Labute approximate surface area is 137 Å². The van der Waals surface area contributed by atoms with Gasteiger partial charge < -0.3 is 14.5 Å². The van der Waals surface area contributed by atoms with Gasteiger partial charge in [-0.25, -0.2) is 0 Å². The summed E-state index contributed by atoms with van der Waals surface area (Å²) in [6, 6.07) is 7.70. The number of nitrogens with zero attached hydrogens (tertiary/aromatic N) is 2. The second kappa shape index (κ2) is 6.60. The van der Waals surface area contributed by atoms with Crippen LogP contribution < -0.4 is 4.74 Å². The topological polar surface area (TPSA) is 49.9 Å². The fraction of sp³-hybridized carbons (Fsp3) is 0.556. The smallest absolute Gasteiger partial charge is 0.227 e. The van der Waals surface area contributed by atoms with Gasteiger partial charge in [0.25, 0.3) is 0 Å². The van der Waals surface area contributed by atoms with Gasteiger partial charge in [-0.15, -0.1) is 0 Å². The van der Waals surface area contributed by atoms with Crippen molar-refractivity contribution in [2.24, 2.45) is 11.8 Å². The maximum Gasteiger partial charge on any atom is 0.227 e. The van der Waals surface area contributed by atoms with Crippen LogP contribution in [0, 0.1) is 11.8 Å². The molecule has 1 aliphatic heterocycles. The van der Waals surface area contributed by atoms with Crippen LogP contribution in [0.2, 0.25) is 0 Å². The molecule has 23 heavy (non-hydrogen) atoms. The van der Waals surface area contributed by atoms with Gasteiger partial charge in [0.05, 0.1) is 13.0 Å². The van der Waals surface area contributed by atoms with Crippen molar-refractivity contribution in [3.8, 4) is 5.75 Å². The van der Waals surface area contributed by atoms with Crippen molar-refractivity contribution in [3.63, 3.8) is 0 Å². The van der Waals surface area contributed by atoms with E-state index in [2.05, 4.69) is 0 Å². The maximum atomic E-state index is 12.5. The molecule has 1 atom stereocenters. The minimum atomic E-state index is -0.190. The normalized spacial score (nSPS) is 20.7. The Morgan fingerprint density at radius 3 is 2.61 bits per heavy atom. The SMILES string of the molecule is COc1ccc(CN2C[C@@H](C(=O)N(C)CC3CC3)CC2=O)cc1. The van der Waals surface area contributed by atoms with Gasteiger partial charge in [0.1, 0.15) is 5.75 Å². The molecule has 124 valence electrons. The number of hydrogen-bond acceptors (Lipinski definition) is 3. The van der Waals surface area contributed by atoms with Crippen molar-refractivity contribution in [1.82, 2.24) is 9.80 Å². The molecular formula is C18H24N2O3. The molecule has 1 saturated heterocycles. The Morgan fingerprint density at radius 1 is 1.30 bits per heavy atom. The first-order chi connectivity index (χ1) is 11.1. The van der Waals surface area contributed by atoms with E-state index < -0.39 is 0 Å². The van der Waals surface area contributed by atoms with Crippen molar-refractivity contribution in [2.75, 3.05) is 27.2 Å². The summed E-state index contributed by atoms with van der Waals surface area (Å²) in [4.78, 5) is 28.3. The first-order valence-electron chi connectivity index (χ1n) is 8.22. The van der Waals surface area contributed by atoms with E-state index in [1.807, 2.05) is 36.2 Å². The highest BCUT2D eigenvalue weighted by atomic mass is 16.5. The van der Waals surface area contributed by atoms with Crippen molar-refractivity contribution in [3.05, 3.63) is 29.8 Å². The van der Waals surface area contributed by atoms with E-state index in [4.69, 9.17) is 4.74 Å². The van der Waals surface area contributed by atoms with Gasteiger partial charge in [0, 0.05) is 33.1 Å². The molecule has 5 heteroatoms. The monoisotopic (exact) mass is 316 g/mol. The van der Waals surface area contributed by atoms with Gasteiger partial charge in [-0.05, 0) is 36.5 Å². The lowest BCUT2D eigenvalue weighted by molar-refractivity contribution is -0.134. The van der Waals surface area contributed by atoms with Crippen LogP contribution >= 0.6 is 0 Å². The highest BCUT2D eigenvalue weighted by Gasteiger charge is 2.36. The van der Waals surface area contributed by atoms with E-state index in [0.717, 1.165) is 17.9 Å². The van der Waals surface area contributed by atoms with Gasteiger partial charge >= 0.3 is 0 Å². The molecule has 1 aliphatic carbocycles. The molecule has 2 fully saturated rings. The summed E-state index contributed by atoms with van der Waals surface area (Å²) in [6.45, 7) is 1.92. The van der Waals surface area contributed by atoms with Crippen LogP contribution in [0.3, 0.4) is 0 Å². The summed E-state index contributed by atoms with van der Waals surface area (Å²) >= 11 is 0. The highest BCUT2D eigenvalue weighted by Crippen LogP contribution is 2.30. The lowest BCUT2D eigenvalue weighted by atomic mass is 10.1. The fourth-order valence-electron chi connectivity index (χ4n) is 3.13. The Hall–Kier alpha value is -2.04. The molecule has 2 aliphatic rings. The molecule has 1 aromatic rings. The molecule has 0 unspecified atom stereocenters. The van der Waals surface area contributed by atoms with Gasteiger partial charge in [0.2, 0.25) is 11.8 Å². The number of hydrogen-bond donors (Lipinski definition) is 0. The number of methoxy groups -OCH3 is 1. The Balaban J connectivity index is 1.56. The molecule has 0 radical (unpaired) electrons. The van der Waals surface area contributed by atoms with Crippen molar-refractivity contribution >= 4 is 11.8 Å². The standard InChI is InChI=1S/C18H24N2O3/c1-19(10-13-3-4-13)18(22)15-9-17(21)20(12-15)11-14-5-7-16(23-2)8-6-14/h5-8,13,15H,3-4,9-12H2,1-2H3/t15-/m0/s1. The molecule has 3 rings (SSSR count). The largest absolute Gasteiger partial charge is 0.497 e. The van der Waals surface area contributed by atoms with Gasteiger partial charge in [0.15, 0.2) is 0 Å². The number of rotatable bonds is 6. The molecule has 5 nitrogen and oxygen atoms in total. The maximum absolute atomic E-state index is 12.5. The number of benzene rings is 1. The summed E-state index contributed by atoms with van der Waals surface area (Å²) in [6.07, 6.45) is 2.79. The zero-order valence-corrected chi connectivity index (χ0v) is 13.8. The molecule has 0 aromatic heterocycles.